The molecule has 1 aliphatic rings. The maximum Gasteiger partial charge on any atom is 0.191 e. The van der Waals surface area contributed by atoms with Crippen LogP contribution in [-0.2, 0) is 13.1 Å². The Morgan fingerprint density at radius 2 is 1.78 bits per heavy atom. The molecule has 1 aromatic carbocycles. The van der Waals surface area contributed by atoms with Gasteiger partial charge >= 0.3 is 0 Å². The Morgan fingerprint density at radius 1 is 1.03 bits per heavy atom. The Bertz CT molecular complexity index is 871. The van der Waals surface area contributed by atoms with E-state index < -0.39 is 0 Å². The number of aromatic nitrogens is 1. The van der Waals surface area contributed by atoms with Gasteiger partial charge in [0.15, 0.2) is 5.96 Å². The molecule has 0 bridgehead atoms. The molecule has 0 unspecified atom stereocenters. The Hall–Kier alpha value is -2.27. The summed E-state index contributed by atoms with van der Waals surface area (Å²) in [6.45, 7) is 8.80. The van der Waals surface area contributed by atoms with Crippen LogP contribution in [-0.4, -0.2) is 69.8 Å². The van der Waals surface area contributed by atoms with Crippen molar-refractivity contribution in [3.05, 3.63) is 47.7 Å². The van der Waals surface area contributed by atoms with E-state index in [1.54, 1.807) is 21.3 Å². The molecule has 0 radical (unpaired) electrons. The molecule has 9 heteroatoms. The number of methoxy groups -OCH3 is 2. The number of anilines is 1. The van der Waals surface area contributed by atoms with Crippen LogP contribution in [0.5, 0.6) is 11.5 Å². The number of piperazine rings is 1. The van der Waals surface area contributed by atoms with Gasteiger partial charge in [0.05, 0.1) is 14.2 Å². The number of benzene rings is 1. The minimum atomic E-state index is 0. The van der Waals surface area contributed by atoms with Gasteiger partial charge in [0.2, 0.25) is 0 Å². The number of guanidine groups is 1. The van der Waals surface area contributed by atoms with Crippen molar-refractivity contribution in [3.63, 3.8) is 0 Å². The first-order valence-corrected chi connectivity index (χ1v) is 10.7. The van der Waals surface area contributed by atoms with Crippen LogP contribution in [0.3, 0.4) is 0 Å². The van der Waals surface area contributed by atoms with Crippen LogP contribution < -0.4 is 25.0 Å². The minimum Gasteiger partial charge on any atom is -0.497 e. The van der Waals surface area contributed by atoms with Crippen LogP contribution in [0.2, 0.25) is 0 Å². The normalized spacial score (nSPS) is 14.5. The molecule has 176 valence electrons. The molecule has 0 spiro atoms. The number of ether oxygens (including phenoxy) is 2. The van der Waals surface area contributed by atoms with E-state index in [1.807, 2.05) is 30.5 Å². The quantitative estimate of drug-likeness (QED) is 0.296. The van der Waals surface area contributed by atoms with E-state index >= 15 is 0 Å². The van der Waals surface area contributed by atoms with Gasteiger partial charge < -0.3 is 29.9 Å². The van der Waals surface area contributed by atoms with E-state index in [2.05, 4.69) is 43.4 Å². The number of rotatable bonds is 8. The summed E-state index contributed by atoms with van der Waals surface area (Å²) in [6, 6.07) is 10.00. The number of likely N-dealkylation sites (N-methyl/N-ethyl adjacent to an activating group) is 1. The Labute approximate surface area is 208 Å². The Morgan fingerprint density at radius 3 is 2.44 bits per heavy atom. The summed E-state index contributed by atoms with van der Waals surface area (Å²) in [5, 5.41) is 6.73. The molecule has 1 aliphatic heterocycles. The zero-order chi connectivity index (χ0) is 22.1. The van der Waals surface area contributed by atoms with Crippen molar-refractivity contribution < 1.29 is 9.47 Å². The molecule has 2 N–H and O–H groups in total. The highest BCUT2D eigenvalue weighted by molar-refractivity contribution is 14.0. The molecule has 0 saturated carbocycles. The van der Waals surface area contributed by atoms with E-state index in [0.717, 1.165) is 61.6 Å². The molecule has 0 atom stereocenters. The Balaban J connectivity index is 0.00000363. The summed E-state index contributed by atoms with van der Waals surface area (Å²) in [4.78, 5) is 13.7. The van der Waals surface area contributed by atoms with Crippen molar-refractivity contribution >= 4 is 35.8 Å². The van der Waals surface area contributed by atoms with Crippen molar-refractivity contribution in [1.82, 2.24) is 20.5 Å². The molecule has 1 aromatic heterocycles. The third-order valence-corrected chi connectivity index (χ3v) is 5.58. The van der Waals surface area contributed by atoms with E-state index in [4.69, 9.17) is 9.47 Å². The lowest BCUT2D eigenvalue weighted by molar-refractivity contribution is 0.270. The first-order chi connectivity index (χ1) is 15.2. The molecule has 32 heavy (non-hydrogen) atoms. The number of pyridine rings is 1. The van der Waals surface area contributed by atoms with Crippen molar-refractivity contribution in [1.29, 1.82) is 0 Å². The van der Waals surface area contributed by atoms with Gasteiger partial charge in [-0.15, -0.1) is 24.0 Å². The Kier molecular flexibility index (Phi) is 10.8. The molecule has 1 fully saturated rings. The van der Waals surface area contributed by atoms with Gasteiger partial charge in [-0.3, -0.25) is 4.99 Å². The van der Waals surface area contributed by atoms with Crippen LogP contribution >= 0.6 is 24.0 Å². The number of hydrogen-bond donors (Lipinski definition) is 2. The summed E-state index contributed by atoms with van der Waals surface area (Å²) in [5.74, 6) is 3.32. The van der Waals surface area contributed by atoms with Crippen molar-refractivity contribution in [2.75, 3.05) is 58.9 Å². The van der Waals surface area contributed by atoms with Crippen LogP contribution in [0.15, 0.2) is 41.5 Å². The standard InChI is InChI=1S/C23H34N6O2.HI/c1-5-28-10-12-29(13-11-28)22-14-18(8-9-25-22)16-26-23(24-2)27-17-19-6-7-20(30-3)15-21(19)31-4;/h6-9,14-15H,5,10-13,16-17H2,1-4H3,(H2,24,26,27);1H. The van der Waals surface area contributed by atoms with E-state index in [-0.39, 0.29) is 24.0 Å². The van der Waals surface area contributed by atoms with Gasteiger partial charge in [0.1, 0.15) is 17.3 Å². The van der Waals surface area contributed by atoms with Gasteiger partial charge in [-0.2, -0.15) is 0 Å². The highest BCUT2D eigenvalue weighted by Crippen LogP contribution is 2.24. The number of nitrogens with zero attached hydrogens (tertiary/aromatic N) is 4. The van der Waals surface area contributed by atoms with Gasteiger partial charge in [0, 0.05) is 64.1 Å². The third kappa shape index (κ3) is 7.13. The van der Waals surface area contributed by atoms with Gasteiger partial charge in [-0.05, 0) is 36.4 Å². The average Bonchev–Trinajstić information content (AvgIpc) is 2.84. The van der Waals surface area contributed by atoms with Crippen molar-refractivity contribution in [2.24, 2.45) is 4.99 Å². The molecule has 3 rings (SSSR count). The highest BCUT2D eigenvalue weighted by atomic mass is 127. The van der Waals surface area contributed by atoms with Gasteiger partial charge in [-0.1, -0.05) is 6.92 Å². The molecular weight excluding hydrogens is 519 g/mol. The maximum atomic E-state index is 5.47. The van der Waals surface area contributed by atoms with Gasteiger partial charge in [-0.25, -0.2) is 4.98 Å². The lowest BCUT2D eigenvalue weighted by Crippen LogP contribution is -2.46. The lowest BCUT2D eigenvalue weighted by Gasteiger charge is -2.34. The first kappa shape index (κ1) is 26.0. The maximum absolute atomic E-state index is 5.47. The largest absolute Gasteiger partial charge is 0.497 e. The smallest absolute Gasteiger partial charge is 0.191 e. The van der Waals surface area contributed by atoms with Crippen molar-refractivity contribution in [3.8, 4) is 11.5 Å². The zero-order valence-electron chi connectivity index (χ0n) is 19.4. The molecule has 1 saturated heterocycles. The molecule has 0 amide bonds. The summed E-state index contributed by atoms with van der Waals surface area (Å²) >= 11 is 0. The fourth-order valence-corrected chi connectivity index (χ4v) is 3.62. The summed E-state index contributed by atoms with van der Waals surface area (Å²) in [6.07, 6.45) is 1.89. The van der Waals surface area contributed by atoms with Crippen LogP contribution in [0.25, 0.3) is 0 Å². The first-order valence-electron chi connectivity index (χ1n) is 10.7. The van der Waals surface area contributed by atoms with E-state index in [9.17, 15) is 0 Å². The minimum absolute atomic E-state index is 0. The third-order valence-electron chi connectivity index (χ3n) is 5.58. The monoisotopic (exact) mass is 554 g/mol. The van der Waals surface area contributed by atoms with Crippen molar-refractivity contribution in [2.45, 2.75) is 20.0 Å². The molecule has 8 nitrogen and oxygen atoms in total. The van der Waals surface area contributed by atoms with E-state index in [1.165, 1.54) is 5.56 Å². The van der Waals surface area contributed by atoms with Crippen LogP contribution in [0.1, 0.15) is 18.1 Å². The second-order valence-electron chi connectivity index (χ2n) is 7.40. The fourth-order valence-electron chi connectivity index (χ4n) is 3.62. The summed E-state index contributed by atoms with van der Waals surface area (Å²) in [7, 11) is 5.08. The lowest BCUT2D eigenvalue weighted by atomic mass is 10.2. The van der Waals surface area contributed by atoms with Crippen LogP contribution in [0.4, 0.5) is 5.82 Å². The number of nitrogens with one attached hydrogen (secondary N) is 2. The predicted molar refractivity (Wildman–Crippen MR) is 141 cm³/mol. The number of halogens is 1. The highest BCUT2D eigenvalue weighted by Gasteiger charge is 2.17. The molecule has 0 aliphatic carbocycles. The molecular formula is C23H35IN6O2. The molecule has 2 heterocycles. The summed E-state index contributed by atoms with van der Waals surface area (Å²) < 4.78 is 10.7. The molecule has 2 aromatic rings. The topological polar surface area (TPSA) is 74.2 Å². The van der Waals surface area contributed by atoms with Gasteiger partial charge in [0.25, 0.3) is 0 Å². The SMILES string of the molecule is CCN1CCN(c2cc(CNC(=NC)NCc3ccc(OC)cc3OC)ccn2)CC1.I. The summed E-state index contributed by atoms with van der Waals surface area (Å²) in [5.41, 5.74) is 2.21. The number of aliphatic imine (C=N–C) groups is 1. The van der Waals surface area contributed by atoms with Crippen LogP contribution in [0, 0.1) is 0 Å². The van der Waals surface area contributed by atoms with E-state index in [0.29, 0.717) is 13.1 Å². The number of hydrogen-bond acceptors (Lipinski definition) is 6. The average molecular weight is 554 g/mol. The second-order valence-corrected chi connectivity index (χ2v) is 7.40. The fraction of sp³-hybridized carbons (Fsp3) is 0.478. The second kappa shape index (κ2) is 13.3. The predicted octanol–water partition coefficient (Wildman–Crippen LogP) is 2.72. The zero-order valence-corrected chi connectivity index (χ0v) is 21.8.